The summed E-state index contributed by atoms with van der Waals surface area (Å²) in [5.41, 5.74) is 0. The maximum atomic E-state index is 10.4. The second-order valence-electron chi connectivity index (χ2n) is 2.49. The summed E-state index contributed by atoms with van der Waals surface area (Å²) in [7, 11) is 4.15. The minimum absolute atomic E-state index is 0.635. The molecule has 0 rings (SSSR count). The first-order valence-corrected chi connectivity index (χ1v) is 6.07. The molecule has 0 aromatic rings. The highest BCUT2D eigenvalue weighted by Crippen LogP contribution is 2.04. The van der Waals surface area contributed by atoms with Crippen molar-refractivity contribution in [2.24, 2.45) is 0 Å². The lowest BCUT2D eigenvalue weighted by atomic mass is 10.2. The number of halogens is 1. The Hall–Kier alpha value is 0.180. The van der Waals surface area contributed by atoms with Crippen molar-refractivity contribution in [2.45, 2.75) is 32.1 Å². The zero-order valence-corrected chi connectivity index (χ0v) is 8.29. The van der Waals surface area contributed by atoms with E-state index in [-0.39, 0.29) is 0 Å². The molecule has 0 fully saturated rings. The van der Waals surface area contributed by atoms with Gasteiger partial charge >= 0.3 is 0 Å². The van der Waals surface area contributed by atoms with E-state index in [2.05, 4.69) is 6.58 Å². The second-order valence-corrected chi connectivity index (χ2v) is 4.51. The van der Waals surface area contributed by atoms with Crippen molar-refractivity contribution in [3.63, 3.8) is 0 Å². The third kappa shape index (κ3) is 10.2. The van der Waals surface area contributed by atoms with Gasteiger partial charge in [0.1, 0.15) is 10.0 Å². The average Bonchev–Trinajstić information content (AvgIpc) is 1.96. The van der Waals surface area contributed by atoms with E-state index in [1.54, 1.807) is 0 Å². The van der Waals surface area contributed by atoms with Crippen LogP contribution in [-0.4, -0.2) is 9.96 Å². The molecule has 66 valence electrons. The van der Waals surface area contributed by atoms with Crippen molar-refractivity contribution in [1.29, 1.82) is 0 Å². The molecule has 0 bridgehead atoms. The van der Waals surface area contributed by atoms with Crippen LogP contribution in [0.25, 0.3) is 0 Å². The van der Waals surface area contributed by atoms with E-state index in [1.807, 2.05) is 6.08 Å². The highest BCUT2D eigenvalue weighted by atomic mass is 35.7. The smallest absolute Gasteiger partial charge is 0.114 e. The Morgan fingerprint density at radius 1 is 1.27 bits per heavy atom. The molecular formula is C8H15ClOS. The van der Waals surface area contributed by atoms with Crippen LogP contribution >= 0.6 is 10.7 Å². The van der Waals surface area contributed by atoms with E-state index in [9.17, 15) is 4.21 Å². The Morgan fingerprint density at radius 3 is 2.45 bits per heavy atom. The first-order valence-electron chi connectivity index (χ1n) is 3.93. The Morgan fingerprint density at radius 2 is 1.91 bits per heavy atom. The zero-order chi connectivity index (χ0) is 8.53. The minimum atomic E-state index is -1.12. The second kappa shape index (κ2) is 8.28. The Balaban J connectivity index is 2.90. The topological polar surface area (TPSA) is 17.1 Å². The molecule has 0 saturated carbocycles. The van der Waals surface area contributed by atoms with Gasteiger partial charge in [-0.05, 0) is 29.9 Å². The van der Waals surface area contributed by atoms with Crippen molar-refractivity contribution < 1.29 is 4.21 Å². The van der Waals surface area contributed by atoms with Crippen molar-refractivity contribution in [1.82, 2.24) is 0 Å². The minimum Gasteiger partial charge on any atom is -0.243 e. The summed E-state index contributed by atoms with van der Waals surface area (Å²) in [5.74, 6) is 0.635. The van der Waals surface area contributed by atoms with Crippen molar-refractivity contribution in [3.05, 3.63) is 12.7 Å². The normalized spacial score (nSPS) is 12.8. The first-order chi connectivity index (χ1) is 5.27. The fraction of sp³-hybridized carbons (Fsp3) is 0.750. The van der Waals surface area contributed by atoms with Gasteiger partial charge in [0.15, 0.2) is 0 Å². The van der Waals surface area contributed by atoms with Crippen molar-refractivity contribution >= 4 is 20.7 Å². The highest BCUT2D eigenvalue weighted by Gasteiger charge is 1.93. The molecule has 0 aliphatic carbocycles. The summed E-state index contributed by atoms with van der Waals surface area (Å²) >= 11 is 0. The van der Waals surface area contributed by atoms with Gasteiger partial charge in [0.05, 0.1) is 0 Å². The van der Waals surface area contributed by atoms with Crippen LogP contribution in [0.1, 0.15) is 32.1 Å². The van der Waals surface area contributed by atoms with Gasteiger partial charge < -0.3 is 0 Å². The average molecular weight is 195 g/mol. The maximum Gasteiger partial charge on any atom is 0.114 e. The molecule has 1 nitrogen and oxygen atoms in total. The molecule has 0 radical (unpaired) electrons. The molecule has 1 atom stereocenters. The quantitative estimate of drug-likeness (QED) is 0.346. The Kier molecular flexibility index (Phi) is 8.41. The van der Waals surface area contributed by atoms with Crippen LogP contribution in [-0.2, 0) is 10.0 Å². The lowest BCUT2D eigenvalue weighted by Crippen LogP contribution is -1.88. The molecular weight excluding hydrogens is 180 g/mol. The summed E-state index contributed by atoms with van der Waals surface area (Å²) in [4.78, 5) is 0. The maximum absolute atomic E-state index is 10.4. The van der Waals surface area contributed by atoms with Crippen LogP contribution < -0.4 is 0 Å². The summed E-state index contributed by atoms with van der Waals surface area (Å²) in [6.45, 7) is 3.64. The molecule has 11 heavy (non-hydrogen) atoms. The third-order valence-electron chi connectivity index (χ3n) is 1.46. The number of hydrogen-bond donors (Lipinski definition) is 0. The van der Waals surface area contributed by atoms with Gasteiger partial charge in [-0.25, -0.2) is 4.21 Å². The molecule has 0 aromatic carbocycles. The monoisotopic (exact) mass is 194 g/mol. The van der Waals surface area contributed by atoms with Crippen molar-refractivity contribution in [2.75, 3.05) is 5.75 Å². The van der Waals surface area contributed by atoms with Gasteiger partial charge in [0, 0.05) is 5.75 Å². The van der Waals surface area contributed by atoms with E-state index in [0.717, 1.165) is 19.3 Å². The van der Waals surface area contributed by atoms with Crippen molar-refractivity contribution in [3.8, 4) is 0 Å². The van der Waals surface area contributed by atoms with E-state index in [4.69, 9.17) is 10.7 Å². The zero-order valence-electron chi connectivity index (χ0n) is 6.72. The highest BCUT2D eigenvalue weighted by molar-refractivity contribution is 8.08. The largest absolute Gasteiger partial charge is 0.243 e. The lowest BCUT2D eigenvalue weighted by Gasteiger charge is -1.95. The molecule has 0 aliphatic heterocycles. The molecule has 0 spiro atoms. The first kappa shape index (κ1) is 11.2. The SMILES string of the molecule is C=CCCCCCCS(=O)Cl. The van der Waals surface area contributed by atoms with E-state index in [0.29, 0.717) is 5.75 Å². The van der Waals surface area contributed by atoms with Crippen LogP contribution in [0, 0.1) is 0 Å². The van der Waals surface area contributed by atoms with E-state index in [1.165, 1.54) is 12.8 Å². The summed E-state index contributed by atoms with van der Waals surface area (Å²) < 4.78 is 10.4. The van der Waals surface area contributed by atoms with Gasteiger partial charge in [-0.3, -0.25) is 0 Å². The fourth-order valence-electron chi connectivity index (χ4n) is 0.858. The molecule has 0 saturated heterocycles. The fourth-order valence-corrected chi connectivity index (χ4v) is 1.62. The van der Waals surface area contributed by atoms with Crippen LogP contribution in [0.3, 0.4) is 0 Å². The van der Waals surface area contributed by atoms with Crippen LogP contribution in [0.5, 0.6) is 0 Å². The molecule has 0 heterocycles. The number of allylic oxidation sites excluding steroid dienone is 1. The Labute approximate surface area is 75.8 Å². The van der Waals surface area contributed by atoms with Gasteiger partial charge in [-0.15, -0.1) is 6.58 Å². The summed E-state index contributed by atoms with van der Waals surface area (Å²) in [6, 6.07) is 0. The van der Waals surface area contributed by atoms with E-state index < -0.39 is 10.0 Å². The van der Waals surface area contributed by atoms with Gasteiger partial charge in [-0.2, -0.15) is 0 Å². The number of hydrogen-bond acceptors (Lipinski definition) is 1. The predicted octanol–water partition coefficient (Wildman–Crippen LogP) is 3.03. The molecule has 0 amide bonds. The van der Waals surface area contributed by atoms with Crippen LogP contribution in [0.4, 0.5) is 0 Å². The molecule has 0 aliphatic rings. The Bertz CT molecular complexity index is 125. The lowest BCUT2D eigenvalue weighted by molar-refractivity contribution is 0.663. The van der Waals surface area contributed by atoms with Gasteiger partial charge in [0.2, 0.25) is 0 Å². The molecule has 0 aromatic heterocycles. The van der Waals surface area contributed by atoms with Crippen LogP contribution in [0.2, 0.25) is 0 Å². The third-order valence-corrected chi connectivity index (χ3v) is 2.54. The van der Waals surface area contributed by atoms with Crippen LogP contribution in [0.15, 0.2) is 12.7 Å². The van der Waals surface area contributed by atoms with Gasteiger partial charge in [-0.1, -0.05) is 18.9 Å². The molecule has 3 heteroatoms. The van der Waals surface area contributed by atoms with E-state index >= 15 is 0 Å². The predicted molar refractivity (Wildman–Crippen MR) is 52.1 cm³/mol. The molecule has 0 N–H and O–H groups in total. The summed E-state index contributed by atoms with van der Waals surface area (Å²) in [6.07, 6.45) is 7.52. The standard InChI is InChI=1S/C8H15ClOS/c1-2-3-4-5-6-7-8-11(9)10/h2H,1,3-8H2. The molecule has 1 unspecified atom stereocenters. The number of unbranched alkanes of at least 4 members (excludes halogenated alkanes) is 4. The summed E-state index contributed by atoms with van der Waals surface area (Å²) in [5, 5.41) is 0. The number of rotatable bonds is 7. The van der Waals surface area contributed by atoms with Gasteiger partial charge in [0.25, 0.3) is 0 Å².